The first-order valence-electron chi connectivity index (χ1n) is 6.81. The number of piperazine rings is 1. The number of carbonyl (C=O) groups excluding carboxylic acids is 1. The lowest BCUT2D eigenvalue weighted by Gasteiger charge is -2.34. The van der Waals surface area contributed by atoms with Crippen LogP contribution in [-0.4, -0.2) is 57.1 Å². The molecule has 0 unspecified atom stereocenters. The third-order valence-corrected chi connectivity index (χ3v) is 3.34. The van der Waals surface area contributed by atoms with E-state index in [1.165, 1.54) is 0 Å². The van der Waals surface area contributed by atoms with Gasteiger partial charge in [-0.05, 0) is 13.0 Å². The van der Waals surface area contributed by atoms with E-state index in [1.54, 1.807) is 30.3 Å². The average Bonchev–Trinajstić information content (AvgIpc) is 2.93. The van der Waals surface area contributed by atoms with Crippen LogP contribution in [0.1, 0.15) is 11.7 Å². The number of nitrogens with zero attached hydrogens (tertiary/aromatic N) is 6. The molecule has 2 aromatic rings. The van der Waals surface area contributed by atoms with Gasteiger partial charge in [0.05, 0.1) is 0 Å². The van der Waals surface area contributed by atoms with Crippen molar-refractivity contribution in [2.24, 2.45) is 0 Å². The molecule has 2 aromatic heterocycles. The Hall–Kier alpha value is -2.51. The molecular weight excluding hydrogens is 272 g/mol. The highest BCUT2D eigenvalue weighted by atomic mass is 16.5. The molecule has 3 heterocycles. The number of hydrogen-bond donors (Lipinski definition) is 0. The number of aryl methyl sites for hydroxylation is 1. The summed E-state index contributed by atoms with van der Waals surface area (Å²) in [6.45, 7) is 4.46. The van der Waals surface area contributed by atoms with Gasteiger partial charge >= 0.3 is 0 Å². The SMILES string of the molecule is Cc1noc(CC(=O)N2CCN(c3ncccn3)CC2)n1. The van der Waals surface area contributed by atoms with Crippen LogP contribution in [0.25, 0.3) is 0 Å². The largest absolute Gasteiger partial charge is 0.339 e. The number of aromatic nitrogens is 4. The highest BCUT2D eigenvalue weighted by Crippen LogP contribution is 2.11. The first kappa shape index (κ1) is 13.5. The number of rotatable bonds is 3. The first-order chi connectivity index (χ1) is 10.2. The second-order valence-corrected chi connectivity index (χ2v) is 4.83. The minimum absolute atomic E-state index is 0.00674. The monoisotopic (exact) mass is 288 g/mol. The molecule has 1 saturated heterocycles. The van der Waals surface area contributed by atoms with Gasteiger partial charge in [-0.1, -0.05) is 5.16 Å². The number of amides is 1. The van der Waals surface area contributed by atoms with Crippen LogP contribution in [0, 0.1) is 6.92 Å². The summed E-state index contributed by atoms with van der Waals surface area (Å²) in [6.07, 6.45) is 3.60. The van der Waals surface area contributed by atoms with Crippen LogP contribution in [0.15, 0.2) is 23.0 Å². The molecule has 110 valence electrons. The lowest BCUT2D eigenvalue weighted by atomic mass is 10.3. The van der Waals surface area contributed by atoms with Gasteiger partial charge in [-0.2, -0.15) is 4.98 Å². The molecule has 8 nitrogen and oxygen atoms in total. The van der Waals surface area contributed by atoms with E-state index in [9.17, 15) is 4.79 Å². The predicted octanol–water partition coefficient (Wildman–Crippen LogP) is 0.0593. The maximum atomic E-state index is 12.2. The van der Waals surface area contributed by atoms with Gasteiger partial charge in [-0.3, -0.25) is 4.79 Å². The van der Waals surface area contributed by atoms with Gasteiger partial charge in [0, 0.05) is 38.6 Å². The molecule has 0 atom stereocenters. The van der Waals surface area contributed by atoms with E-state index < -0.39 is 0 Å². The van der Waals surface area contributed by atoms with Crippen LogP contribution in [0.3, 0.4) is 0 Å². The molecule has 0 spiro atoms. The van der Waals surface area contributed by atoms with E-state index >= 15 is 0 Å². The minimum atomic E-state index is 0.00674. The first-order valence-corrected chi connectivity index (χ1v) is 6.81. The van der Waals surface area contributed by atoms with Gasteiger partial charge in [0.1, 0.15) is 6.42 Å². The Bertz CT molecular complexity index is 606. The molecule has 0 bridgehead atoms. The fourth-order valence-electron chi connectivity index (χ4n) is 2.26. The predicted molar refractivity (Wildman–Crippen MR) is 73.6 cm³/mol. The second kappa shape index (κ2) is 5.86. The van der Waals surface area contributed by atoms with Gasteiger partial charge in [0.25, 0.3) is 0 Å². The Morgan fingerprint density at radius 1 is 1.24 bits per heavy atom. The molecule has 1 aliphatic heterocycles. The van der Waals surface area contributed by atoms with Crippen LogP contribution in [0.4, 0.5) is 5.95 Å². The maximum absolute atomic E-state index is 12.2. The summed E-state index contributed by atoms with van der Waals surface area (Å²) in [6, 6.07) is 1.79. The average molecular weight is 288 g/mol. The summed E-state index contributed by atoms with van der Waals surface area (Å²) in [5.74, 6) is 1.62. The molecule has 0 saturated carbocycles. The molecule has 1 amide bonds. The standard InChI is InChI=1S/C13H16N6O2/c1-10-16-11(21-17-10)9-12(20)18-5-7-19(8-6-18)13-14-3-2-4-15-13/h2-4H,5-9H2,1H3. The zero-order valence-corrected chi connectivity index (χ0v) is 11.8. The lowest BCUT2D eigenvalue weighted by Crippen LogP contribution is -2.49. The van der Waals surface area contributed by atoms with Crippen molar-refractivity contribution in [2.75, 3.05) is 31.1 Å². The zero-order valence-electron chi connectivity index (χ0n) is 11.8. The Labute approximate surface area is 121 Å². The van der Waals surface area contributed by atoms with Crippen molar-refractivity contribution in [3.8, 4) is 0 Å². The number of carbonyl (C=O) groups is 1. The van der Waals surface area contributed by atoms with E-state index in [-0.39, 0.29) is 12.3 Å². The maximum Gasteiger partial charge on any atom is 0.236 e. The van der Waals surface area contributed by atoms with E-state index in [4.69, 9.17) is 4.52 Å². The quantitative estimate of drug-likeness (QED) is 0.789. The highest BCUT2D eigenvalue weighted by Gasteiger charge is 2.23. The summed E-state index contributed by atoms with van der Waals surface area (Å²) in [5.41, 5.74) is 0. The zero-order chi connectivity index (χ0) is 14.7. The fourth-order valence-corrected chi connectivity index (χ4v) is 2.26. The van der Waals surface area contributed by atoms with Gasteiger partial charge in [0.2, 0.25) is 17.7 Å². The second-order valence-electron chi connectivity index (χ2n) is 4.83. The van der Waals surface area contributed by atoms with Crippen LogP contribution in [0.5, 0.6) is 0 Å². The molecule has 0 aromatic carbocycles. The Balaban J connectivity index is 1.54. The number of anilines is 1. The van der Waals surface area contributed by atoms with E-state index in [2.05, 4.69) is 25.0 Å². The normalized spacial score (nSPS) is 15.3. The Morgan fingerprint density at radius 3 is 2.57 bits per heavy atom. The van der Waals surface area contributed by atoms with E-state index in [0.717, 1.165) is 13.1 Å². The molecule has 1 aliphatic rings. The van der Waals surface area contributed by atoms with Crippen molar-refractivity contribution in [3.63, 3.8) is 0 Å². The molecule has 0 N–H and O–H groups in total. The number of hydrogen-bond acceptors (Lipinski definition) is 7. The fraction of sp³-hybridized carbons (Fsp3) is 0.462. The van der Waals surface area contributed by atoms with Gasteiger partial charge in [0.15, 0.2) is 5.82 Å². The molecule has 3 rings (SSSR count). The summed E-state index contributed by atoms with van der Waals surface area (Å²) in [7, 11) is 0. The van der Waals surface area contributed by atoms with Gasteiger partial charge < -0.3 is 14.3 Å². The minimum Gasteiger partial charge on any atom is -0.339 e. The smallest absolute Gasteiger partial charge is 0.236 e. The van der Waals surface area contributed by atoms with E-state index in [0.29, 0.717) is 30.8 Å². The topological polar surface area (TPSA) is 88.3 Å². The molecule has 0 radical (unpaired) electrons. The summed E-state index contributed by atoms with van der Waals surface area (Å²) >= 11 is 0. The van der Waals surface area contributed by atoms with Crippen LogP contribution >= 0.6 is 0 Å². The van der Waals surface area contributed by atoms with Gasteiger partial charge in [-0.25, -0.2) is 9.97 Å². The van der Waals surface area contributed by atoms with Crippen molar-refractivity contribution >= 4 is 11.9 Å². The summed E-state index contributed by atoms with van der Waals surface area (Å²) in [5, 5.41) is 3.68. The Kier molecular flexibility index (Phi) is 3.76. The highest BCUT2D eigenvalue weighted by molar-refractivity contribution is 5.78. The molecular formula is C13H16N6O2. The van der Waals surface area contributed by atoms with Gasteiger partial charge in [-0.15, -0.1) is 0 Å². The van der Waals surface area contributed by atoms with Crippen molar-refractivity contribution in [3.05, 3.63) is 30.2 Å². The molecule has 0 aliphatic carbocycles. The van der Waals surface area contributed by atoms with Crippen molar-refractivity contribution in [2.45, 2.75) is 13.3 Å². The van der Waals surface area contributed by atoms with Crippen molar-refractivity contribution < 1.29 is 9.32 Å². The third kappa shape index (κ3) is 3.15. The van der Waals surface area contributed by atoms with E-state index in [1.807, 2.05) is 0 Å². The Morgan fingerprint density at radius 2 is 1.95 bits per heavy atom. The summed E-state index contributed by atoms with van der Waals surface area (Å²) < 4.78 is 4.98. The molecule has 21 heavy (non-hydrogen) atoms. The van der Waals surface area contributed by atoms with Crippen molar-refractivity contribution in [1.29, 1.82) is 0 Å². The summed E-state index contributed by atoms with van der Waals surface area (Å²) in [4.78, 5) is 28.5. The molecule has 1 fully saturated rings. The van der Waals surface area contributed by atoms with Crippen LogP contribution < -0.4 is 4.90 Å². The van der Waals surface area contributed by atoms with Crippen LogP contribution in [-0.2, 0) is 11.2 Å². The lowest BCUT2D eigenvalue weighted by molar-refractivity contribution is -0.131. The van der Waals surface area contributed by atoms with Crippen molar-refractivity contribution in [1.82, 2.24) is 25.0 Å². The molecule has 8 heteroatoms. The third-order valence-electron chi connectivity index (χ3n) is 3.34. The van der Waals surface area contributed by atoms with Crippen LogP contribution in [0.2, 0.25) is 0 Å².